The molecule has 1 aromatic heterocycles. The first-order valence-corrected chi connectivity index (χ1v) is 5.66. The molecule has 2 heterocycles. The number of pyridine rings is 1. The zero-order valence-electron chi connectivity index (χ0n) is 10.4. The second kappa shape index (κ2) is 4.33. The molecule has 0 saturated carbocycles. The lowest BCUT2D eigenvalue weighted by Crippen LogP contribution is -2.36. The van der Waals surface area contributed by atoms with Crippen LogP contribution in [0.4, 0.5) is 0 Å². The van der Waals surface area contributed by atoms with Crippen LogP contribution in [0.25, 0.3) is 0 Å². The zero-order chi connectivity index (χ0) is 12.6. The molecule has 0 unspecified atom stereocenters. The molecule has 0 aliphatic carbocycles. The fraction of sp³-hybridized carbons (Fsp3) is 0.500. The van der Waals surface area contributed by atoms with Gasteiger partial charge >= 0.3 is 0 Å². The standard InChI is InChI=1S/C12H17N3O2/c1-13-11(16)10-7-15(3)12(17)8-4-5-14(2)6-9(8)10/h7H,4-6H2,1-3H3,(H,13,16). The molecule has 1 aliphatic rings. The summed E-state index contributed by atoms with van der Waals surface area (Å²) in [5, 5.41) is 2.62. The van der Waals surface area contributed by atoms with E-state index in [0.717, 1.165) is 17.7 Å². The molecular formula is C12H17N3O2. The van der Waals surface area contributed by atoms with Gasteiger partial charge in [-0.05, 0) is 19.0 Å². The van der Waals surface area contributed by atoms with Crippen molar-refractivity contribution in [2.45, 2.75) is 13.0 Å². The first-order chi connectivity index (χ1) is 8.04. The topological polar surface area (TPSA) is 54.3 Å². The molecule has 5 nitrogen and oxygen atoms in total. The normalized spacial score (nSPS) is 15.5. The molecule has 0 radical (unpaired) electrons. The predicted molar refractivity (Wildman–Crippen MR) is 65.1 cm³/mol. The van der Waals surface area contributed by atoms with Crippen LogP contribution in [0.15, 0.2) is 11.0 Å². The van der Waals surface area contributed by atoms with Gasteiger partial charge in [-0.3, -0.25) is 9.59 Å². The number of hydrogen-bond acceptors (Lipinski definition) is 3. The van der Waals surface area contributed by atoms with Crippen molar-refractivity contribution in [1.29, 1.82) is 0 Å². The van der Waals surface area contributed by atoms with Gasteiger partial charge in [0.05, 0.1) is 5.56 Å². The first-order valence-electron chi connectivity index (χ1n) is 5.66. The molecule has 0 aromatic carbocycles. The van der Waals surface area contributed by atoms with Crippen LogP contribution in [-0.4, -0.2) is 36.0 Å². The number of amides is 1. The molecule has 17 heavy (non-hydrogen) atoms. The van der Waals surface area contributed by atoms with Crippen molar-refractivity contribution >= 4 is 5.91 Å². The van der Waals surface area contributed by atoms with Crippen molar-refractivity contribution < 1.29 is 4.79 Å². The maximum atomic E-state index is 12.0. The van der Waals surface area contributed by atoms with Gasteiger partial charge in [0.2, 0.25) is 0 Å². The van der Waals surface area contributed by atoms with Crippen LogP contribution < -0.4 is 10.9 Å². The SMILES string of the molecule is CNC(=O)c1cn(C)c(=O)c2c1CN(C)CC2. The largest absolute Gasteiger partial charge is 0.355 e. The number of carbonyl (C=O) groups is 1. The molecule has 0 fully saturated rings. The zero-order valence-corrected chi connectivity index (χ0v) is 10.4. The highest BCUT2D eigenvalue weighted by Gasteiger charge is 2.23. The Morgan fingerprint density at radius 2 is 2.06 bits per heavy atom. The Balaban J connectivity index is 2.65. The minimum absolute atomic E-state index is 0.0146. The number of aromatic nitrogens is 1. The van der Waals surface area contributed by atoms with Crippen molar-refractivity contribution in [2.24, 2.45) is 7.05 Å². The Bertz CT molecular complexity index is 519. The summed E-state index contributed by atoms with van der Waals surface area (Å²) in [4.78, 5) is 25.9. The Hall–Kier alpha value is -1.62. The molecule has 1 N–H and O–H groups in total. The van der Waals surface area contributed by atoms with Crippen molar-refractivity contribution in [3.05, 3.63) is 33.2 Å². The summed E-state index contributed by atoms with van der Waals surface area (Å²) in [6, 6.07) is 0. The van der Waals surface area contributed by atoms with Gasteiger partial charge in [0, 0.05) is 38.9 Å². The molecule has 0 saturated heterocycles. The van der Waals surface area contributed by atoms with Crippen LogP contribution in [0.5, 0.6) is 0 Å². The van der Waals surface area contributed by atoms with Crippen LogP contribution in [0.2, 0.25) is 0 Å². The van der Waals surface area contributed by atoms with Gasteiger partial charge in [-0.1, -0.05) is 0 Å². The number of likely N-dealkylation sites (N-methyl/N-ethyl adjacent to an activating group) is 1. The van der Waals surface area contributed by atoms with Gasteiger partial charge < -0.3 is 14.8 Å². The van der Waals surface area contributed by atoms with Gasteiger partial charge in [-0.2, -0.15) is 0 Å². The quantitative estimate of drug-likeness (QED) is 0.729. The van der Waals surface area contributed by atoms with Crippen LogP contribution in [0, 0.1) is 0 Å². The van der Waals surface area contributed by atoms with Gasteiger partial charge in [-0.25, -0.2) is 0 Å². The number of aryl methyl sites for hydroxylation is 1. The second-order valence-corrected chi connectivity index (χ2v) is 4.48. The highest BCUT2D eigenvalue weighted by atomic mass is 16.1. The average molecular weight is 235 g/mol. The van der Waals surface area contributed by atoms with Crippen molar-refractivity contribution in [2.75, 3.05) is 20.6 Å². The van der Waals surface area contributed by atoms with E-state index in [-0.39, 0.29) is 11.5 Å². The van der Waals surface area contributed by atoms with Crippen LogP contribution >= 0.6 is 0 Å². The van der Waals surface area contributed by atoms with Gasteiger partial charge in [0.15, 0.2) is 0 Å². The molecule has 0 atom stereocenters. The third-order valence-corrected chi connectivity index (χ3v) is 3.23. The third-order valence-electron chi connectivity index (χ3n) is 3.23. The minimum atomic E-state index is -0.132. The van der Waals surface area contributed by atoms with E-state index >= 15 is 0 Å². The molecule has 1 aliphatic heterocycles. The summed E-state index contributed by atoms with van der Waals surface area (Å²) in [7, 11) is 5.29. The monoisotopic (exact) mass is 235 g/mol. The van der Waals surface area contributed by atoms with Crippen LogP contribution in [-0.2, 0) is 20.0 Å². The number of fused-ring (bicyclic) bond motifs is 1. The first kappa shape index (κ1) is 11.9. The Morgan fingerprint density at radius 1 is 1.35 bits per heavy atom. The Labute approximate surface area is 100 Å². The fourth-order valence-electron chi connectivity index (χ4n) is 2.26. The van der Waals surface area contributed by atoms with Crippen molar-refractivity contribution in [1.82, 2.24) is 14.8 Å². The van der Waals surface area contributed by atoms with E-state index in [0.29, 0.717) is 18.5 Å². The molecule has 92 valence electrons. The number of hydrogen-bond donors (Lipinski definition) is 1. The molecule has 1 amide bonds. The van der Waals surface area contributed by atoms with E-state index in [1.807, 2.05) is 7.05 Å². The van der Waals surface area contributed by atoms with Gasteiger partial charge in [0.1, 0.15) is 0 Å². The molecule has 1 aromatic rings. The van der Waals surface area contributed by atoms with Gasteiger partial charge in [-0.15, -0.1) is 0 Å². The van der Waals surface area contributed by atoms with E-state index in [9.17, 15) is 9.59 Å². The smallest absolute Gasteiger partial charge is 0.253 e. The summed E-state index contributed by atoms with van der Waals surface area (Å²) in [6.07, 6.45) is 2.34. The lowest BCUT2D eigenvalue weighted by Gasteiger charge is -2.26. The van der Waals surface area contributed by atoms with Crippen molar-refractivity contribution in [3.63, 3.8) is 0 Å². The summed E-state index contributed by atoms with van der Waals surface area (Å²) < 4.78 is 1.49. The molecular weight excluding hydrogens is 218 g/mol. The summed E-state index contributed by atoms with van der Waals surface area (Å²) in [5.41, 5.74) is 2.28. The van der Waals surface area contributed by atoms with E-state index in [1.165, 1.54) is 4.57 Å². The average Bonchev–Trinajstić information content (AvgIpc) is 2.32. The number of nitrogens with one attached hydrogen (secondary N) is 1. The highest BCUT2D eigenvalue weighted by Crippen LogP contribution is 2.18. The van der Waals surface area contributed by atoms with E-state index < -0.39 is 0 Å². The molecule has 0 bridgehead atoms. The van der Waals surface area contributed by atoms with E-state index in [1.54, 1.807) is 20.3 Å². The third kappa shape index (κ3) is 1.98. The number of carbonyl (C=O) groups excluding carboxylic acids is 1. The summed E-state index contributed by atoms with van der Waals surface area (Å²) in [6.45, 7) is 1.52. The molecule has 5 heteroatoms. The van der Waals surface area contributed by atoms with Gasteiger partial charge in [0.25, 0.3) is 11.5 Å². The Morgan fingerprint density at radius 3 is 2.71 bits per heavy atom. The predicted octanol–water partition coefficient (Wildman–Crippen LogP) is -0.267. The Kier molecular flexibility index (Phi) is 3.02. The van der Waals surface area contributed by atoms with E-state index in [2.05, 4.69) is 10.2 Å². The van der Waals surface area contributed by atoms with Crippen LogP contribution in [0.1, 0.15) is 21.5 Å². The lowest BCUT2D eigenvalue weighted by atomic mass is 9.97. The number of nitrogens with zero attached hydrogens (tertiary/aromatic N) is 2. The maximum Gasteiger partial charge on any atom is 0.253 e. The lowest BCUT2D eigenvalue weighted by molar-refractivity contribution is 0.0959. The van der Waals surface area contributed by atoms with Crippen LogP contribution in [0.3, 0.4) is 0 Å². The highest BCUT2D eigenvalue weighted by molar-refractivity contribution is 5.95. The minimum Gasteiger partial charge on any atom is -0.355 e. The number of rotatable bonds is 1. The second-order valence-electron chi connectivity index (χ2n) is 4.48. The summed E-state index contributed by atoms with van der Waals surface area (Å²) in [5.74, 6) is -0.132. The van der Waals surface area contributed by atoms with E-state index in [4.69, 9.17) is 0 Å². The molecule has 0 spiro atoms. The maximum absolute atomic E-state index is 12.0. The molecule has 2 rings (SSSR count). The summed E-state index contributed by atoms with van der Waals surface area (Å²) >= 11 is 0. The van der Waals surface area contributed by atoms with Crippen molar-refractivity contribution in [3.8, 4) is 0 Å². The fourth-order valence-corrected chi connectivity index (χ4v) is 2.26.